The van der Waals surface area contributed by atoms with Crippen molar-refractivity contribution in [2.75, 3.05) is 0 Å². The van der Waals surface area contributed by atoms with Gasteiger partial charge in [0.05, 0.1) is 0 Å². The van der Waals surface area contributed by atoms with Crippen molar-refractivity contribution >= 4 is 5.91 Å². The molecule has 0 bridgehead atoms. The predicted octanol–water partition coefficient (Wildman–Crippen LogP) is -1.38. The van der Waals surface area contributed by atoms with Gasteiger partial charge in [-0.3, -0.25) is 20.0 Å². The molecule has 1 amide bonds. The number of hydrazine groups is 1. The molecule has 16 heavy (non-hydrogen) atoms. The molecule has 0 spiro atoms. The lowest BCUT2D eigenvalue weighted by molar-refractivity contribution is -0.121. The summed E-state index contributed by atoms with van der Waals surface area (Å²) in [6.07, 6.45) is 2.19. The first kappa shape index (κ1) is 12.2. The molecule has 1 rings (SSSR count). The van der Waals surface area contributed by atoms with Gasteiger partial charge in [-0.15, -0.1) is 0 Å². The number of aromatic nitrogens is 2. The van der Waals surface area contributed by atoms with Crippen molar-refractivity contribution < 1.29 is 4.79 Å². The zero-order valence-corrected chi connectivity index (χ0v) is 8.95. The van der Waals surface area contributed by atoms with Gasteiger partial charge >= 0.3 is 5.69 Å². The van der Waals surface area contributed by atoms with Crippen molar-refractivity contribution in [3.8, 4) is 0 Å². The molecule has 0 aliphatic carbocycles. The first-order chi connectivity index (χ1) is 7.54. The molecule has 0 unspecified atom stereocenters. The van der Waals surface area contributed by atoms with E-state index in [2.05, 4.69) is 4.98 Å². The molecule has 1 aromatic heterocycles. The molecule has 0 fully saturated rings. The van der Waals surface area contributed by atoms with E-state index in [1.54, 1.807) is 6.92 Å². The second kappa shape index (κ2) is 5.26. The Balaban J connectivity index is 2.68. The fourth-order valence-electron chi connectivity index (χ4n) is 1.27. The Labute approximate surface area is 91.2 Å². The number of nitrogens with two attached hydrogens (primary N) is 1. The van der Waals surface area contributed by atoms with Crippen LogP contribution in [0.3, 0.4) is 0 Å². The highest BCUT2D eigenvalue weighted by atomic mass is 16.2. The number of hydrogen-bond acceptors (Lipinski definition) is 4. The van der Waals surface area contributed by atoms with E-state index in [1.807, 2.05) is 5.43 Å². The molecule has 88 valence electrons. The third-order valence-corrected chi connectivity index (χ3v) is 2.15. The standard InChI is InChI=1S/C9H14N4O3/c1-6-5-13(9(16)11-8(6)15)4-2-3-7(14)12-10/h5H,2-4,10H2,1H3,(H,12,14)(H,11,15,16). The summed E-state index contributed by atoms with van der Waals surface area (Å²) in [4.78, 5) is 35.4. The molecule has 1 heterocycles. The van der Waals surface area contributed by atoms with Crippen LogP contribution in [0.25, 0.3) is 0 Å². The highest BCUT2D eigenvalue weighted by Crippen LogP contribution is 1.92. The van der Waals surface area contributed by atoms with Crippen LogP contribution in [0.4, 0.5) is 0 Å². The van der Waals surface area contributed by atoms with E-state index in [-0.39, 0.29) is 17.9 Å². The smallest absolute Gasteiger partial charge is 0.300 e. The summed E-state index contributed by atoms with van der Waals surface area (Å²) in [5.41, 5.74) is 1.61. The van der Waals surface area contributed by atoms with Crippen LogP contribution in [0.5, 0.6) is 0 Å². The molecule has 0 aliphatic rings. The van der Waals surface area contributed by atoms with Crippen LogP contribution in [-0.4, -0.2) is 15.5 Å². The summed E-state index contributed by atoms with van der Waals surface area (Å²) in [6, 6.07) is 0. The Kier molecular flexibility index (Phi) is 4.01. The number of H-pyrrole nitrogens is 1. The minimum atomic E-state index is -0.469. The summed E-state index contributed by atoms with van der Waals surface area (Å²) in [6.45, 7) is 1.98. The Hall–Kier alpha value is -1.89. The van der Waals surface area contributed by atoms with Crippen LogP contribution in [0, 0.1) is 6.92 Å². The van der Waals surface area contributed by atoms with Crippen molar-refractivity contribution in [3.05, 3.63) is 32.6 Å². The number of aromatic amines is 1. The van der Waals surface area contributed by atoms with Gasteiger partial charge in [0, 0.05) is 24.7 Å². The van der Waals surface area contributed by atoms with Gasteiger partial charge < -0.3 is 4.57 Å². The average molecular weight is 226 g/mol. The summed E-state index contributed by atoms with van der Waals surface area (Å²) in [7, 11) is 0. The van der Waals surface area contributed by atoms with Gasteiger partial charge in [-0.2, -0.15) is 0 Å². The van der Waals surface area contributed by atoms with E-state index in [1.165, 1.54) is 10.8 Å². The normalized spacial score (nSPS) is 10.1. The topological polar surface area (TPSA) is 110 Å². The third kappa shape index (κ3) is 3.06. The van der Waals surface area contributed by atoms with Gasteiger partial charge in [0.15, 0.2) is 0 Å². The molecular weight excluding hydrogens is 212 g/mol. The van der Waals surface area contributed by atoms with Crippen molar-refractivity contribution in [3.63, 3.8) is 0 Å². The molecule has 0 aromatic carbocycles. The van der Waals surface area contributed by atoms with Crippen molar-refractivity contribution in [1.29, 1.82) is 0 Å². The van der Waals surface area contributed by atoms with Crippen LogP contribution in [-0.2, 0) is 11.3 Å². The van der Waals surface area contributed by atoms with E-state index in [4.69, 9.17) is 5.84 Å². The monoisotopic (exact) mass is 226 g/mol. The van der Waals surface area contributed by atoms with Crippen LogP contribution in [0.15, 0.2) is 15.8 Å². The van der Waals surface area contributed by atoms with Crippen LogP contribution in [0.2, 0.25) is 0 Å². The molecule has 0 saturated heterocycles. The number of nitrogens with one attached hydrogen (secondary N) is 2. The number of carbonyl (C=O) groups is 1. The minimum Gasteiger partial charge on any atom is -0.300 e. The Bertz CT molecular complexity index is 488. The maximum absolute atomic E-state index is 11.3. The van der Waals surface area contributed by atoms with Crippen molar-refractivity contribution in [2.24, 2.45) is 5.84 Å². The summed E-state index contributed by atoms with van der Waals surface area (Å²) >= 11 is 0. The summed E-state index contributed by atoms with van der Waals surface area (Å²) in [5.74, 6) is 4.63. The second-order valence-electron chi connectivity index (χ2n) is 3.44. The number of amides is 1. The second-order valence-corrected chi connectivity index (χ2v) is 3.44. The molecule has 7 nitrogen and oxygen atoms in total. The molecule has 1 aromatic rings. The maximum atomic E-state index is 11.3. The number of rotatable bonds is 4. The Morgan fingerprint density at radius 1 is 1.56 bits per heavy atom. The first-order valence-corrected chi connectivity index (χ1v) is 4.84. The van der Waals surface area contributed by atoms with Crippen LogP contribution >= 0.6 is 0 Å². The van der Waals surface area contributed by atoms with Crippen LogP contribution in [0.1, 0.15) is 18.4 Å². The number of aryl methyl sites for hydroxylation is 2. The summed E-state index contributed by atoms with van der Waals surface area (Å²) < 4.78 is 1.36. The van der Waals surface area contributed by atoms with E-state index in [0.717, 1.165) is 0 Å². The molecule has 0 aliphatic heterocycles. The molecule has 0 saturated carbocycles. The van der Waals surface area contributed by atoms with E-state index in [0.29, 0.717) is 18.5 Å². The molecule has 0 radical (unpaired) electrons. The lowest BCUT2D eigenvalue weighted by Crippen LogP contribution is -2.32. The highest BCUT2D eigenvalue weighted by molar-refractivity contribution is 5.74. The van der Waals surface area contributed by atoms with Crippen molar-refractivity contribution in [1.82, 2.24) is 15.0 Å². The zero-order valence-electron chi connectivity index (χ0n) is 8.95. The van der Waals surface area contributed by atoms with Crippen LogP contribution < -0.4 is 22.5 Å². The van der Waals surface area contributed by atoms with E-state index in [9.17, 15) is 14.4 Å². The van der Waals surface area contributed by atoms with Gasteiger partial charge in [0.2, 0.25) is 5.91 Å². The zero-order chi connectivity index (χ0) is 12.1. The lowest BCUT2D eigenvalue weighted by Gasteiger charge is -2.05. The number of carbonyl (C=O) groups excluding carboxylic acids is 1. The summed E-state index contributed by atoms with van der Waals surface area (Å²) in [5, 5.41) is 0. The first-order valence-electron chi connectivity index (χ1n) is 4.84. The maximum Gasteiger partial charge on any atom is 0.328 e. The average Bonchev–Trinajstić information content (AvgIpc) is 2.25. The van der Waals surface area contributed by atoms with E-state index >= 15 is 0 Å². The Morgan fingerprint density at radius 2 is 2.25 bits per heavy atom. The fourth-order valence-corrected chi connectivity index (χ4v) is 1.27. The van der Waals surface area contributed by atoms with Gasteiger partial charge in [-0.05, 0) is 13.3 Å². The highest BCUT2D eigenvalue weighted by Gasteiger charge is 2.02. The predicted molar refractivity (Wildman–Crippen MR) is 57.6 cm³/mol. The van der Waals surface area contributed by atoms with Gasteiger partial charge in [0.25, 0.3) is 5.56 Å². The molecule has 7 heteroatoms. The molecule has 4 N–H and O–H groups in total. The molecule has 0 atom stereocenters. The van der Waals surface area contributed by atoms with Gasteiger partial charge in [-0.1, -0.05) is 0 Å². The molecular formula is C9H14N4O3. The lowest BCUT2D eigenvalue weighted by atomic mass is 10.3. The Morgan fingerprint density at radius 3 is 2.88 bits per heavy atom. The minimum absolute atomic E-state index is 0.237. The fraction of sp³-hybridized carbons (Fsp3) is 0.444. The van der Waals surface area contributed by atoms with Crippen molar-refractivity contribution in [2.45, 2.75) is 26.3 Å². The largest absolute Gasteiger partial charge is 0.328 e. The number of hydrogen-bond donors (Lipinski definition) is 3. The third-order valence-electron chi connectivity index (χ3n) is 2.15. The van der Waals surface area contributed by atoms with Gasteiger partial charge in [-0.25, -0.2) is 10.6 Å². The quantitative estimate of drug-likeness (QED) is 0.333. The SMILES string of the molecule is Cc1cn(CCCC(=O)NN)c(=O)[nH]c1=O. The van der Waals surface area contributed by atoms with Gasteiger partial charge in [0.1, 0.15) is 0 Å². The van der Waals surface area contributed by atoms with E-state index < -0.39 is 5.69 Å². The number of nitrogens with zero attached hydrogens (tertiary/aromatic N) is 1.